The molecule has 0 saturated carbocycles. The van der Waals surface area contributed by atoms with Gasteiger partial charge in [-0.1, -0.05) is 23.9 Å². The van der Waals surface area contributed by atoms with Gasteiger partial charge in [-0.05, 0) is 47.2 Å². The summed E-state index contributed by atoms with van der Waals surface area (Å²) >= 11 is 4.01. The highest BCUT2D eigenvalue weighted by molar-refractivity contribution is 14.1. The summed E-state index contributed by atoms with van der Waals surface area (Å²) in [6, 6.07) is 8.52. The number of aromatic nitrogens is 3. The Balaban J connectivity index is 2.06. The van der Waals surface area contributed by atoms with E-state index in [1.54, 1.807) is 11.8 Å². The molecule has 0 aliphatic heterocycles. The normalized spacial score (nSPS) is 10.8. The summed E-state index contributed by atoms with van der Waals surface area (Å²) in [4.78, 5) is 0. The topological polar surface area (TPSA) is 56.7 Å². The summed E-state index contributed by atoms with van der Waals surface area (Å²) in [6.07, 6.45) is 0. The summed E-state index contributed by atoms with van der Waals surface area (Å²) in [5, 5.41) is 9.22. The molecular formula is C12H15IN4S. The molecule has 1 aromatic carbocycles. The number of hydrogen-bond donors (Lipinski definition) is 1. The molecule has 0 fully saturated rings. The zero-order valence-corrected chi connectivity index (χ0v) is 13.1. The van der Waals surface area contributed by atoms with Crippen LogP contribution in [0.3, 0.4) is 0 Å². The first kappa shape index (κ1) is 13.8. The van der Waals surface area contributed by atoms with E-state index in [-0.39, 0.29) is 0 Å². The van der Waals surface area contributed by atoms with Crippen molar-refractivity contribution < 1.29 is 0 Å². The predicted octanol–water partition coefficient (Wildman–Crippen LogP) is 2.65. The smallest absolute Gasteiger partial charge is 0.191 e. The van der Waals surface area contributed by atoms with Crippen LogP contribution < -0.4 is 5.73 Å². The van der Waals surface area contributed by atoms with Crippen LogP contribution in [0.1, 0.15) is 18.3 Å². The average Bonchev–Trinajstić information content (AvgIpc) is 2.80. The molecule has 0 saturated heterocycles. The van der Waals surface area contributed by atoms with E-state index >= 15 is 0 Å². The van der Waals surface area contributed by atoms with Crippen molar-refractivity contribution in [3.63, 3.8) is 0 Å². The third-order valence-electron chi connectivity index (χ3n) is 2.57. The van der Waals surface area contributed by atoms with Crippen LogP contribution in [0.15, 0.2) is 29.4 Å². The Labute approximate surface area is 124 Å². The molecule has 4 nitrogen and oxygen atoms in total. The molecule has 1 heterocycles. The number of nitrogens with zero attached hydrogens (tertiary/aromatic N) is 3. The molecule has 0 amide bonds. The van der Waals surface area contributed by atoms with E-state index < -0.39 is 0 Å². The number of benzene rings is 1. The van der Waals surface area contributed by atoms with Gasteiger partial charge in [0.15, 0.2) is 5.16 Å². The molecule has 6 heteroatoms. The molecule has 0 unspecified atom stereocenters. The van der Waals surface area contributed by atoms with Crippen LogP contribution in [0.25, 0.3) is 0 Å². The number of halogens is 1. The highest BCUT2D eigenvalue weighted by atomic mass is 127. The van der Waals surface area contributed by atoms with Crippen LogP contribution in [0.4, 0.5) is 0 Å². The van der Waals surface area contributed by atoms with Gasteiger partial charge < -0.3 is 10.3 Å². The van der Waals surface area contributed by atoms with Gasteiger partial charge in [-0.25, -0.2) is 0 Å². The lowest BCUT2D eigenvalue weighted by Crippen LogP contribution is -2.08. The van der Waals surface area contributed by atoms with Gasteiger partial charge in [0.1, 0.15) is 5.82 Å². The lowest BCUT2D eigenvalue weighted by Gasteiger charge is -2.05. The van der Waals surface area contributed by atoms with Crippen molar-refractivity contribution in [2.45, 2.75) is 30.9 Å². The van der Waals surface area contributed by atoms with Crippen LogP contribution >= 0.6 is 34.4 Å². The first-order chi connectivity index (χ1) is 8.74. The SMILES string of the molecule is CCn1c(CN)nnc1SCc1ccc(I)cc1. The number of hydrogen-bond acceptors (Lipinski definition) is 4. The summed E-state index contributed by atoms with van der Waals surface area (Å²) < 4.78 is 3.32. The Bertz CT molecular complexity index is 509. The van der Waals surface area contributed by atoms with Gasteiger partial charge in [-0.15, -0.1) is 10.2 Å². The fourth-order valence-electron chi connectivity index (χ4n) is 1.62. The minimum absolute atomic E-state index is 0.435. The van der Waals surface area contributed by atoms with Crippen LogP contribution in [0.5, 0.6) is 0 Å². The second-order valence-electron chi connectivity index (χ2n) is 3.76. The first-order valence-corrected chi connectivity index (χ1v) is 7.80. The molecule has 2 aromatic rings. The van der Waals surface area contributed by atoms with Gasteiger partial charge in [0.25, 0.3) is 0 Å². The maximum Gasteiger partial charge on any atom is 0.191 e. The highest BCUT2D eigenvalue weighted by Gasteiger charge is 2.09. The fraction of sp³-hybridized carbons (Fsp3) is 0.333. The Hall–Kier alpha value is -0.600. The molecule has 0 aliphatic rings. The lowest BCUT2D eigenvalue weighted by molar-refractivity contribution is 0.643. The van der Waals surface area contributed by atoms with Crippen molar-refractivity contribution in [3.05, 3.63) is 39.2 Å². The third-order valence-corrected chi connectivity index (χ3v) is 4.33. The van der Waals surface area contributed by atoms with Gasteiger partial charge in [0, 0.05) is 15.9 Å². The number of rotatable bonds is 5. The second kappa shape index (κ2) is 6.53. The molecule has 1 aromatic heterocycles. The Morgan fingerprint density at radius 1 is 1.28 bits per heavy atom. The molecule has 2 N–H and O–H groups in total. The van der Waals surface area contributed by atoms with Crippen LogP contribution in [-0.2, 0) is 18.8 Å². The quantitative estimate of drug-likeness (QED) is 0.646. The summed E-state index contributed by atoms with van der Waals surface area (Å²) in [5.74, 6) is 1.75. The van der Waals surface area contributed by atoms with Gasteiger partial charge in [0.2, 0.25) is 0 Å². The van der Waals surface area contributed by atoms with E-state index in [0.717, 1.165) is 23.3 Å². The van der Waals surface area contributed by atoms with Crippen LogP contribution in [0, 0.1) is 3.57 Å². The fourth-order valence-corrected chi connectivity index (χ4v) is 2.96. The van der Waals surface area contributed by atoms with Crippen LogP contribution in [0.2, 0.25) is 0 Å². The molecule has 96 valence electrons. The predicted molar refractivity (Wildman–Crippen MR) is 82.3 cm³/mol. The zero-order valence-electron chi connectivity index (χ0n) is 10.1. The first-order valence-electron chi connectivity index (χ1n) is 5.74. The lowest BCUT2D eigenvalue weighted by atomic mass is 10.2. The van der Waals surface area contributed by atoms with E-state index in [9.17, 15) is 0 Å². The molecule has 2 rings (SSSR count). The Morgan fingerprint density at radius 3 is 2.61 bits per heavy atom. The van der Waals surface area contributed by atoms with Gasteiger partial charge in [0.05, 0.1) is 6.54 Å². The van der Waals surface area contributed by atoms with Crippen molar-refractivity contribution in [1.29, 1.82) is 0 Å². The summed E-state index contributed by atoms with van der Waals surface area (Å²) in [5.41, 5.74) is 6.92. The van der Waals surface area contributed by atoms with E-state index in [1.165, 1.54) is 9.13 Å². The van der Waals surface area contributed by atoms with Crippen molar-refractivity contribution in [3.8, 4) is 0 Å². The van der Waals surface area contributed by atoms with Gasteiger partial charge >= 0.3 is 0 Å². The minimum atomic E-state index is 0.435. The minimum Gasteiger partial charge on any atom is -0.324 e. The zero-order chi connectivity index (χ0) is 13.0. The van der Waals surface area contributed by atoms with E-state index in [2.05, 4.69) is 68.5 Å². The van der Waals surface area contributed by atoms with Crippen molar-refractivity contribution in [2.75, 3.05) is 0 Å². The Kier molecular flexibility index (Phi) is 5.02. The maximum absolute atomic E-state index is 5.63. The van der Waals surface area contributed by atoms with Crippen LogP contribution in [-0.4, -0.2) is 14.8 Å². The van der Waals surface area contributed by atoms with E-state index in [0.29, 0.717) is 6.54 Å². The number of thioether (sulfide) groups is 1. The molecular weight excluding hydrogens is 359 g/mol. The molecule has 0 atom stereocenters. The monoisotopic (exact) mass is 374 g/mol. The van der Waals surface area contributed by atoms with Gasteiger partial charge in [-0.3, -0.25) is 0 Å². The maximum atomic E-state index is 5.63. The van der Waals surface area contributed by atoms with Crippen molar-refractivity contribution in [2.24, 2.45) is 5.73 Å². The molecule has 0 bridgehead atoms. The van der Waals surface area contributed by atoms with Gasteiger partial charge in [-0.2, -0.15) is 0 Å². The van der Waals surface area contributed by atoms with E-state index in [4.69, 9.17) is 5.73 Å². The number of nitrogens with two attached hydrogens (primary N) is 1. The standard InChI is InChI=1S/C12H15IN4S/c1-2-17-11(7-14)15-16-12(17)18-8-9-3-5-10(13)6-4-9/h3-6H,2,7-8,14H2,1H3. The van der Waals surface area contributed by atoms with Crippen molar-refractivity contribution in [1.82, 2.24) is 14.8 Å². The summed E-state index contributed by atoms with van der Waals surface area (Å²) in [7, 11) is 0. The largest absolute Gasteiger partial charge is 0.324 e. The Morgan fingerprint density at radius 2 is 2.00 bits per heavy atom. The molecule has 0 aliphatic carbocycles. The second-order valence-corrected chi connectivity index (χ2v) is 5.95. The third kappa shape index (κ3) is 3.24. The molecule has 0 spiro atoms. The highest BCUT2D eigenvalue weighted by Crippen LogP contribution is 2.22. The molecule has 0 radical (unpaired) electrons. The summed E-state index contributed by atoms with van der Waals surface area (Å²) in [6.45, 7) is 3.37. The average molecular weight is 374 g/mol. The van der Waals surface area contributed by atoms with E-state index in [1.807, 2.05) is 0 Å². The van der Waals surface area contributed by atoms with Crippen molar-refractivity contribution >= 4 is 34.4 Å². The molecule has 18 heavy (non-hydrogen) atoms.